The van der Waals surface area contributed by atoms with E-state index in [9.17, 15) is 4.79 Å². The van der Waals surface area contributed by atoms with Gasteiger partial charge in [-0.25, -0.2) is 9.78 Å². The second-order valence-electron chi connectivity index (χ2n) is 6.53. The highest BCUT2D eigenvalue weighted by Crippen LogP contribution is 2.41. The van der Waals surface area contributed by atoms with Gasteiger partial charge in [0.2, 0.25) is 0 Å². The molecule has 1 aliphatic carbocycles. The minimum atomic E-state index is -0.201. The van der Waals surface area contributed by atoms with Gasteiger partial charge in [0.25, 0.3) is 0 Å². The van der Waals surface area contributed by atoms with Gasteiger partial charge in [0.1, 0.15) is 0 Å². The van der Waals surface area contributed by atoms with Crippen LogP contribution in [0.1, 0.15) is 35.1 Å². The van der Waals surface area contributed by atoms with Crippen molar-refractivity contribution in [2.24, 2.45) is 5.92 Å². The molecule has 0 radical (unpaired) electrons. The van der Waals surface area contributed by atoms with Crippen molar-refractivity contribution < 1.29 is 4.79 Å². The molecule has 0 unspecified atom stereocenters. The maximum Gasteiger partial charge on any atom is 0.319 e. The summed E-state index contributed by atoms with van der Waals surface area (Å²) in [5, 5.41) is 7.06. The molecule has 0 aliphatic heterocycles. The Morgan fingerprint density at radius 1 is 1.28 bits per heavy atom. The number of anilines is 1. The number of nitrogens with zero attached hydrogens (tertiary/aromatic N) is 2. The molecule has 1 aliphatic rings. The predicted molar refractivity (Wildman–Crippen MR) is 101 cm³/mol. The van der Waals surface area contributed by atoms with Crippen LogP contribution in [-0.4, -0.2) is 16.0 Å². The fourth-order valence-electron chi connectivity index (χ4n) is 3.09. The first-order valence-electron chi connectivity index (χ1n) is 8.46. The van der Waals surface area contributed by atoms with Crippen molar-refractivity contribution in [2.75, 3.05) is 5.32 Å². The molecule has 0 saturated heterocycles. The van der Waals surface area contributed by atoms with Crippen LogP contribution in [0.2, 0.25) is 0 Å². The monoisotopic (exact) mass is 352 g/mol. The predicted octanol–water partition coefficient (Wildman–Crippen LogP) is 4.58. The highest BCUT2D eigenvalue weighted by atomic mass is 32.1. The minimum absolute atomic E-state index is 0.0357. The molecule has 1 saturated carbocycles. The van der Waals surface area contributed by atoms with Crippen LogP contribution < -0.4 is 10.6 Å². The van der Waals surface area contributed by atoms with Crippen molar-refractivity contribution in [3.63, 3.8) is 0 Å². The molecular weight excluding hydrogens is 332 g/mol. The topological polar surface area (TPSA) is 66.9 Å². The molecule has 5 nitrogen and oxygen atoms in total. The van der Waals surface area contributed by atoms with Crippen LogP contribution in [0.25, 0.3) is 10.2 Å². The summed E-state index contributed by atoms with van der Waals surface area (Å²) in [7, 11) is 0. The summed E-state index contributed by atoms with van der Waals surface area (Å²) in [6.07, 6.45) is 4.05. The normalized spacial score (nSPS) is 15.1. The molecule has 2 heterocycles. The van der Waals surface area contributed by atoms with Gasteiger partial charge in [0, 0.05) is 11.9 Å². The number of amides is 2. The molecule has 2 aromatic heterocycles. The lowest BCUT2D eigenvalue weighted by Gasteiger charge is -2.20. The number of carbonyl (C=O) groups is 1. The van der Waals surface area contributed by atoms with Gasteiger partial charge in [-0.1, -0.05) is 6.07 Å². The Labute approximate surface area is 150 Å². The van der Waals surface area contributed by atoms with Gasteiger partial charge in [0.15, 0.2) is 0 Å². The van der Waals surface area contributed by atoms with Crippen LogP contribution in [0.4, 0.5) is 10.5 Å². The zero-order chi connectivity index (χ0) is 17.4. The smallest absolute Gasteiger partial charge is 0.319 e. The standard InChI is InChI=1S/C19H20N4OS/c1-11-4-3-9-20-17(11)18(13-5-6-13)23-19(24)22-14-7-8-16-15(10-14)21-12(2)25-16/h3-4,7-10,13,18H,5-6H2,1-2H3,(H2,22,23,24)/t18-/m1/s1. The number of hydrogen-bond donors (Lipinski definition) is 2. The SMILES string of the molecule is Cc1nc2cc(NC(=O)N[C@@H](c3ncccc3C)C3CC3)ccc2s1. The molecule has 2 N–H and O–H groups in total. The minimum Gasteiger partial charge on any atom is -0.329 e. The number of thiazole rings is 1. The molecule has 1 fully saturated rings. The molecule has 1 aromatic carbocycles. The quantitative estimate of drug-likeness (QED) is 0.722. The van der Waals surface area contributed by atoms with Gasteiger partial charge < -0.3 is 10.6 Å². The van der Waals surface area contributed by atoms with Crippen LogP contribution >= 0.6 is 11.3 Å². The summed E-state index contributed by atoms with van der Waals surface area (Å²) in [6.45, 7) is 4.02. The van der Waals surface area contributed by atoms with Crippen molar-refractivity contribution in [3.05, 3.63) is 52.8 Å². The lowest BCUT2D eigenvalue weighted by molar-refractivity contribution is 0.246. The Balaban J connectivity index is 1.50. The Hall–Kier alpha value is -2.47. The van der Waals surface area contributed by atoms with E-state index in [2.05, 4.69) is 20.6 Å². The Kier molecular flexibility index (Phi) is 4.13. The van der Waals surface area contributed by atoms with E-state index in [1.165, 1.54) is 0 Å². The number of benzene rings is 1. The third kappa shape index (κ3) is 3.49. The Morgan fingerprint density at radius 3 is 2.88 bits per heavy atom. The fraction of sp³-hybridized carbons (Fsp3) is 0.316. The number of urea groups is 1. The van der Waals surface area contributed by atoms with Crippen LogP contribution in [0.3, 0.4) is 0 Å². The maximum atomic E-state index is 12.5. The van der Waals surface area contributed by atoms with Crippen molar-refractivity contribution in [3.8, 4) is 0 Å². The van der Waals surface area contributed by atoms with Gasteiger partial charge in [0.05, 0.1) is 27.0 Å². The van der Waals surface area contributed by atoms with Crippen molar-refractivity contribution in [2.45, 2.75) is 32.7 Å². The number of nitrogens with one attached hydrogen (secondary N) is 2. The molecular formula is C19H20N4OS. The summed E-state index contributed by atoms with van der Waals surface area (Å²) < 4.78 is 1.13. The molecule has 1 atom stereocenters. The van der Waals surface area contributed by atoms with Crippen molar-refractivity contribution >= 4 is 33.3 Å². The first kappa shape index (κ1) is 16.0. The van der Waals surface area contributed by atoms with E-state index in [0.29, 0.717) is 5.92 Å². The lowest BCUT2D eigenvalue weighted by atomic mass is 10.0. The number of hydrogen-bond acceptors (Lipinski definition) is 4. The summed E-state index contributed by atoms with van der Waals surface area (Å²) in [5.74, 6) is 0.475. The molecule has 128 valence electrons. The van der Waals surface area contributed by atoms with Crippen LogP contribution in [0.5, 0.6) is 0 Å². The Morgan fingerprint density at radius 2 is 2.12 bits per heavy atom. The van der Waals surface area contributed by atoms with Gasteiger partial charge in [-0.3, -0.25) is 4.98 Å². The van der Waals surface area contributed by atoms with Gasteiger partial charge in [-0.15, -0.1) is 11.3 Å². The second kappa shape index (κ2) is 6.44. The van der Waals surface area contributed by atoms with E-state index >= 15 is 0 Å². The molecule has 0 spiro atoms. The van der Waals surface area contributed by atoms with E-state index in [1.807, 2.05) is 44.2 Å². The third-order valence-corrected chi connectivity index (χ3v) is 5.43. The molecule has 4 rings (SSSR count). The van der Waals surface area contributed by atoms with Gasteiger partial charge >= 0.3 is 6.03 Å². The fourth-order valence-corrected chi connectivity index (χ4v) is 3.90. The first-order valence-corrected chi connectivity index (χ1v) is 9.28. The molecule has 25 heavy (non-hydrogen) atoms. The van der Waals surface area contributed by atoms with Crippen LogP contribution in [0, 0.1) is 19.8 Å². The third-order valence-electron chi connectivity index (χ3n) is 4.48. The van der Waals surface area contributed by atoms with Crippen molar-refractivity contribution in [1.29, 1.82) is 0 Å². The zero-order valence-corrected chi connectivity index (χ0v) is 15.1. The number of aromatic nitrogens is 2. The molecule has 6 heteroatoms. The summed E-state index contributed by atoms with van der Waals surface area (Å²) in [5.41, 5.74) is 3.74. The molecule has 3 aromatic rings. The van der Waals surface area contributed by atoms with Crippen LogP contribution in [0.15, 0.2) is 36.5 Å². The van der Waals surface area contributed by atoms with Gasteiger partial charge in [-0.05, 0) is 62.4 Å². The zero-order valence-electron chi connectivity index (χ0n) is 14.2. The Bertz CT molecular complexity index is 932. The number of aryl methyl sites for hydroxylation is 2. The largest absolute Gasteiger partial charge is 0.329 e. The van der Waals surface area contributed by atoms with E-state index in [1.54, 1.807) is 17.5 Å². The molecule has 0 bridgehead atoms. The van der Waals surface area contributed by atoms with E-state index in [-0.39, 0.29) is 12.1 Å². The second-order valence-corrected chi connectivity index (χ2v) is 7.77. The average Bonchev–Trinajstić information content (AvgIpc) is 3.35. The number of carbonyl (C=O) groups excluding carboxylic acids is 1. The number of rotatable bonds is 4. The summed E-state index contributed by atoms with van der Waals surface area (Å²) in [4.78, 5) is 21.5. The van der Waals surface area contributed by atoms with Crippen LogP contribution in [-0.2, 0) is 0 Å². The van der Waals surface area contributed by atoms with Gasteiger partial charge in [-0.2, -0.15) is 0 Å². The highest BCUT2D eigenvalue weighted by molar-refractivity contribution is 7.18. The number of pyridine rings is 1. The van der Waals surface area contributed by atoms with E-state index < -0.39 is 0 Å². The first-order chi connectivity index (χ1) is 12.1. The highest BCUT2D eigenvalue weighted by Gasteiger charge is 2.35. The van der Waals surface area contributed by atoms with E-state index in [0.717, 1.165) is 45.0 Å². The van der Waals surface area contributed by atoms with Crippen molar-refractivity contribution in [1.82, 2.24) is 15.3 Å². The summed E-state index contributed by atoms with van der Waals surface area (Å²) in [6, 6.07) is 9.55. The number of fused-ring (bicyclic) bond motifs is 1. The van der Waals surface area contributed by atoms with E-state index in [4.69, 9.17) is 0 Å². The average molecular weight is 352 g/mol. The maximum absolute atomic E-state index is 12.5. The molecule has 2 amide bonds. The summed E-state index contributed by atoms with van der Waals surface area (Å²) >= 11 is 1.65. The lowest BCUT2D eigenvalue weighted by Crippen LogP contribution is -2.34.